The van der Waals surface area contributed by atoms with Gasteiger partial charge in [-0.25, -0.2) is 0 Å². The monoisotopic (exact) mass is 387 g/mol. The molecule has 1 N–H and O–H groups in total. The van der Waals surface area contributed by atoms with Crippen molar-refractivity contribution in [2.75, 3.05) is 12.4 Å². The number of rotatable bonds is 9. The van der Waals surface area contributed by atoms with Crippen molar-refractivity contribution >= 4 is 5.69 Å². The second kappa shape index (κ2) is 9.83. The highest BCUT2D eigenvalue weighted by Gasteiger charge is 2.13. The molecule has 0 aromatic heterocycles. The van der Waals surface area contributed by atoms with Gasteiger partial charge < -0.3 is 14.8 Å². The van der Waals surface area contributed by atoms with Crippen LogP contribution in [0.2, 0.25) is 0 Å². The molecule has 150 valence electrons. The van der Waals surface area contributed by atoms with Crippen LogP contribution in [-0.4, -0.2) is 7.11 Å². The molecule has 3 nitrogen and oxygen atoms in total. The van der Waals surface area contributed by atoms with Crippen LogP contribution in [0.4, 0.5) is 5.69 Å². The summed E-state index contributed by atoms with van der Waals surface area (Å²) in [7, 11) is 1.68. The van der Waals surface area contributed by atoms with Crippen molar-refractivity contribution in [3.05, 3.63) is 101 Å². The lowest BCUT2D eigenvalue weighted by Crippen LogP contribution is -2.05. The molecule has 0 aliphatic rings. The molecule has 3 heteroatoms. The molecule has 0 heterocycles. The predicted molar refractivity (Wildman–Crippen MR) is 121 cm³/mol. The molecule has 0 unspecified atom stereocenters. The molecule has 0 saturated heterocycles. The Morgan fingerprint density at radius 1 is 0.931 bits per heavy atom. The highest BCUT2D eigenvalue weighted by atomic mass is 16.5. The van der Waals surface area contributed by atoms with Crippen LogP contribution in [0.5, 0.6) is 11.5 Å². The number of benzene rings is 3. The first-order chi connectivity index (χ1) is 14.1. The first kappa shape index (κ1) is 20.5. The Bertz CT molecular complexity index is 964. The van der Waals surface area contributed by atoms with Gasteiger partial charge in [-0.15, -0.1) is 6.58 Å². The highest BCUT2D eigenvalue weighted by molar-refractivity contribution is 5.53. The molecule has 3 aromatic carbocycles. The van der Waals surface area contributed by atoms with Crippen molar-refractivity contribution in [3.8, 4) is 11.5 Å². The van der Waals surface area contributed by atoms with E-state index in [0.29, 0.717) is 13.2 Å². The quantitative estimate of drug-likeness (QED) is 0.441. The maximum Gasteiger partial charge on any atom is 0.165 e. The Morgan fingerprint density at radius 2 is 1.72 bits per heavy atom. The number of aryl methyl sites for hydroxylation is 2. The standard InChI is InChI=1S/C26H29NO2/c1-5-9-23-15-22(17-27-24-13-12-19(2)20(3)14-24)16-25(28-4)26(23)29-18-21-10-7-6-8-11-21/h5-8,10-16,27H,1,9,17-18H2,2-4H3. The fraction of sp³-hybridized carbons (Fsp3) is 0.231. The lowest BCUT2D eigenvalue weighted by atomic mass is 10.0. The average Bonchev–Trinajstić information content (AvgIpc) is 2.74. The summed E-state index contributed by atoms with van der Waals surface area (Å²) in [5, 5.41) is 3.50. The Balaban J connectivity index is 1.80. The summed E-state index contributed by atoms with van der Waals surface area (Å²) in [4.78, 5) is 0. The molecule has 0 bridgehead atoms. The molecule has 0 amide bonds. The summed E-state index contributed by atoms with van der Waals surface area (Å²) in [6.07, 6.45) is 2.61. The van der Waals surface area contributed by atoms with Crippen molar-refractivity contribution in [1.29, 1.82) is 0 Å². The lowest BCUT2D eigenvalue weighted by molar-refractivity contribution is 0.281. The van der Waals surface area contributed by atoms with Gasteiger partial charge in [0.05, 0.1) is 7.11 Å². The van der Waals surface area contributed by atoms with Crippen molar-refractivity contribution in [1.82, 2.24) is 0 Å². The largest absolute Gasteiger partial charge is 0.493 e. The number of nitrogens with one attached hydrogen (secondary N) is 1. The fourth-order valence-corrected chi connectivity index (χ4v) is 3.23. The third-order valence-electron chi connectivity index (χ3n) is 5.01. The average molecular weight is 388 g/mol. The minimum absolute atomic E-state index is 0.502. The number of methoxy groups -OCH3 is 1. The van der Waals surface area contributed by atoms with E-state index >= 15 is 0 Å². The van der Waals surface area contributed by atoms with Crippen LogP contribution >= 0.6 is 0 Å². The molecule has 0 fully saturated rings. The Kier molecular flexibility index (Phi) is 6.96. The summed E-state index contributed by atoms with van der Waals surface area (Å²) >= 11 is 0. The van der Waals surface area contributed by atoms with Crippen LogP contribution < -0.4 is 14.8 Å². The summed E-state index contributed by atoms with van der Waals surface area (Å²) < 4.78 is 11.8. The van der Waals surface area contributed by atoms with E-state index in [1.807, 2.05) is 30.3 Å². The Labute approximate surface area is 174 Å². The van der Waals surface area contributed by atoms with E-state index < -0.39 is 0 Å². The predicted octanol–water partition coefficient (Wildman–Crippen LogP) is 6.23. The third kappa shape index (κ3) is 5.41. The molecular formula is C26H29NO2. The van der Waals surface area contributed by atoms with Crippen LogP contribution in [0, 0.1) is 13.8 Å². The number of hydrogen-bond acceptors (Lipinski definition) is 3. The second-order valence-electron chi connectivity index (χ2n) is 7.21. The van der Waals surface area contributed by atoms with Gasteiger partial charge in [-0.1, -0.05) is 42.5 Å². The molecule has 29 heavy (non-hydrogen) atoms. The number of allylic oxidation sites excluding steroid dienone is 1. The van der Waals surface area contributed by atoms with Crippen molar-refractivity contribution in [3.63, 3.8) is 0 Å². The molecule has 0 aliphatic heterocycles. The number of anilines is 1. The smallest absolute Gasteiger partial charge is 0.165 e. The zero-order valence-corrected chi connectivity index (χ0v) is 17.5. The summed E-state index contributed by atoms with van der Waals surface area (Å²) in [6, 6.07) is 20.8. The Hall–Kier alpha value is -3.20. The zero-order valence-electron chi connectivity index (χ0n) is 17.5. The van der Waals surface area contributed by atoms with Gasteiger partial charge >= 0.3 is 0 Å². The molecule has 3 aromatic rings. The normalized spacial score (nSPS) is 10.4. The number of hydrogen-bond donors (Lipinski definition) is 1. The van der Waals surface area contributed by atoms with Crippen LogP contribution in [0.15, 0.2) is 73.3 Å². The van der Waals surface area contributed by atoms with Gasteiger partial charge in [-0.05, 0) is 66.8 Å². The molecule has 0 atom stereocenters. The SMILES string of the molecule is C=CCc1cc(CNc2ccc(C)c(C)c2)cc(OC)c1OCc1ccccc1. The van der Waals surface area contributed by atoms with E-state index in [-0.39, 0.29) is 0 Å². The van der Waals surface area contributed by atoms with E-state index in [9.17, 15) is 0 Å². The van der Waals surface area contributed by atoms with Gasteiger partial charge in [-0.3, -0.25) is 0 Å². The Morgan fingerprint density at radius 3 is 2.41 bits per heavy atom. The van der Waals surface area contributed by atoms with Gasteiger partial charge in [0.15, 0.2) is 11.5 Å². The van der Waals surface area contributed by atoms with E-state index in [0.717, 1.165) is 40.3 Å². The van der Waals surface area contributed by atoms with Crippen molar-refractivity contribution in [2.45, 2.75) is 33.4 Å². The van der Waals surface area contributed by atoms with Crippen LogP contribution in [0.3, 0.4) is 0 Å². The topological polar surface area (TPSA) is 30.5 Å². The van der Waals surface area contributed by atoms with E-state index in [1.54, 1.807) is 7.11 Å². The van der Waals surface area contributed by atoms with Gasteiger partial charge in [-0.2, -0.15) is 0 Å². The third-order valence-corrected chi connectivity index (χ3v) is 5.01. The molecule has 0 radical (unpaired) electrons. The van der Waals surface area contributed by atoms with Gasteiger partial charge in [0, 0.05) is 17.8 Å². The minimum Gasteiger partial charge on any atom is -0.493 e. The summed E-state index contributed by atoms with van der Waals surface area (Å²) in [6.45, 7) is 9.37. The first-order valence-electron chi connectivity index (χ1n) is 9.89. The summed E-state index contributed by atoms with van der Waals surface area (Å²) in [5.41, 5.74) is 7.03. The van der Waals surface area contributed by atoms with E-state index in [1.165, 1.54) is 11.1 Å². The molecule has 0 aliphatic carbocycles. The van der Waals surface area contributed by atoms with Crippen LogP contribution in [0.25, 0.3) is 0 Å². The van der Waals surface area contributed by atoms with Gasteiger partial charge in [0.25, 0.3) is 0 Å². The minimum atomic E-state index is 0.502. The van der Waals surface area contributed by atoms with Crippen molar-refractivity contribution < 1.29 is 9.47 Å². The van der Waals surface area contributed by atoms with E-state index in [4.69, 9.17) is 9.47 Å². The lowest BCUT2D eigenvalue weighted by Gasteiger charge is -2.17. The molecule has 0 spiro atoms. The summed E-state index contributed by atoms with van der Waals surface area (Å²) in [5.74, 6) is 1.53. The first-order valence-corrected chi connectivity index (χ1v) is 9.89. The highest BCUT2D eigenvalue weighted by Crippen LogP contribution is 2.34. The zero-order chi connectivity index (χ0) is 20.6. The molecule has 3 rings (SSSR count). The molecular weight excluding hydrogens is 358 g/mol. The van der Waals surface area contributed by atoms with Crippen molar-refractivity contribution in [2.24, 2.45) is 0 Å². The van der Waals surface area contributed by atoms with Gasteiger partial charge in [0.1, 0.15) is 6.61 Å². The van der Waals surface area contributed by atoms with Crippen LogP contribution in [-0.2, 0) is 19.6 Å². The molecule has 0 saturated carbocycles. The fourth-order valence-electron chi connectivity index (χ4n) is 3.23. The number of ether oxygens (including phenoxy) is 2. The van der Waals surface area contributed by atoms with E-state index in [2.05, 4.69) is 62.1 Å². The van der Waals surface area contributed by atoms with Crippen LogP contribution in [0.1, 0.15) is 27.8 Å². The maximum absolute atomic E-state index is 6.15. The second-order valence-corrected chi connectivity index (χ2v) is 7.21. The maximum atomic E-state index is 6.15. The van der Waals surface area contributed by atoms with Gasteiger partial charge in [0.2, 0.25) is 0 Å².